The molecule has 0 saturated carbocycles. The van der Waals surface area contributed by atoms with E-state index in [0.717, 1.165) is 17.7 Å². The zero-order valence-corrected chi connectivity index (χ0v) is 23.4. The van der Waals surface area contributed by atoms with E-state index in [1.807, 2.05) is 60.8 Å². The van der Waals surface area contributed by atoms with Gasteiger partial charge in [0.05, 0.1) is 18.0 Å². The summed E-state index contributed by atoms with van der Waals surface area (Å²) in [6.45, 7) is 6.01. The molecule has 0 fully saturated rings. The summed E-state index contributed by atoms with van der Waals surface area (Å²) in [4.78, 5) is 29.5. The molecule has 0 bridgehead atoms. The van der Waals surface area contributed by atoms with E-state index in [9.17, 15) is 9.59 Å². The van der Waals surface area contributed by atoms with E-state index in [1.54, 1.807) is 18.5 Å². The van der Waals surface area contributed by atoms with Crippen LogP contribution < -0.4 is 15.4 Å². The lowest BCUT2D eigenvalue weighted by Crippen LogP contribution is -2.36. The normalized spacial score (nSPS) is 11.7. The Morgan fingerprint density at radius 2 is 1.84 bits per heavy atom. The predicted octanol–water partition coefficient (Wildman–Crippen LogP) is 4.62. The van der Waals surface area contributed by atoms with Gasteiger partial charge in [-0.25, -0.2) is 4.98 Å². The number of thioether (sulfide) groups is 1. The van der Waals surface area contributed by atoms with Crippen LogP contribution in [0, 0.1) is 6.92 Å². The molecule has 0 spiro atoms. The fourth-order valence-corrected chi connectivity index (χ4v) is 4.94. The second-order valence-corrected chi connectivity index (χ2v) is 10.5. The van der Waals surface area contributed by atoms with Crippen LogP contribution in [0.15, 0.2) is 59.1 Å². The molecular weight excluding hydrogens is 520 g/mol. The number of thiazole rings is 1. The summed E-state index contributed by atoms with van der Waals surface area (Å²) in [5.74, 6) is 0.928. The molecule has 198 valence electrons. The summed E-state index contributed by atoms with van der Waals surface area (Å²) in [6, 6.07) is 15.8. The first-order valence-corrected chi connectivity index (χ1v) is 14.1. The van der Waals surface area contributed by atoms with Crippen molar-refractivity contribution in [3.63, 3.8) is 0 Å². The SMILES string of the molecule is CCc1ccc(OC(C)C(=O)NCc2nnc(SCC(=O)Nc3nc(-c4ccc(C)cc4)cs3)n2C)cc1. The highest BCUT2D eigenvalue weighted by molar-refractivity contribution is 7.99. The van der Waals surface area contributed by atoms with Crippen molar-refractivity contribution in [3.05, 3.63) is 70.9 Å². The quantitative estimate of drug-likeness (QED) is 0.262. The molecule has 0 aliphatic rings. The molecule has 11 heteroatoms. The molecule has 2 amide bonds. The number of carbonyl (C=O) groups is 2. The first kappa shape index (κ1) is 27.3. The van der Waals surface area contributed by atoms with E-state index in [-0.39, 0.29) is 24.1 Å². The first-order chi connectivity index (χ1) is 18.3. The minimum Gasteiger partial charge on any atom is -0.481 e. The third-order valence-electron chi connectivity index (χ3n) is 5.79. The summed E-state index contributed by atoms with van der Waals surface area (Å²) in [6.07, 6.45) is 0.283. The summed E-state index contributed by atoms with van der Waals surface area (Å²) in [7, 11) is 1.80. The van der Waals surface area contributed by atoms with Crippen LogP contribution in [0.3, 0.4) is 0 Å². The monoisotopic (exact) mass is 550 g/mol. The van der Waals surface area contributed by atoms with Crippen molar-refractivity contribution < 1.29 is 14.3 Å². The van der Waals surface area contributed by atoms with Crippen LogP contribution in [-0.4, -0.2) is 43.4 Å². The van der Waals surface area contributed by atoms with Crippen molar-refractivity contribution in [2.24, 2.45) is 7.05 Å². The maximum absolute atomic E-state index is 12.5. The second kappa shape index (κ2) is 12.7. The number of carbonyl (C=O) groups excluding carboxylic acids is 2. The number of hydrogen-bond donors (Lipinski definition) is 2. The third-order valence-corrected chi connectivity index (χ3v) is 7.57. The number of aromatic nitrogens is 4. The molecule has 4 aromatic rings. The predicted molar refractivity (Wildman–Crippen MR) is 150 cm³/mol. The zero-order valence-electron chi connectivity index (χ0n) is 21.7. The van der Waals surface area contributed by atoms with Gasteiger partial charge in [0.25, 0.3) is 5.91 Å². The number of benzene rings is 2. The lowest BCUT2D eigenvalue weighted by atomic mass is 10.1. The minimum absolute atomic E-state index is 0.152. The number of anilines is 1. The molecular formula is C27H30N6O3S2. The molecule has 1 unspecified atom stereocenters. The van der Waals surface area contributed by atoms with Crippen LogP contribution in [0.1, 0.15) is 30.8 Å². The molecule has 2 N–H and O–H groups in total. The first-order valence-electron chi connectivity index (χ1n) is 12.2. The standard InChI is InChI=1S/C27H30N6O3S2/c1-5-19-8-12-21(13-9-19)36-18(3)25(35)28-14-23-31-32-27(33(23)4)38-16-24(34)30-26-29-22(15-37-26)20-10-6-17(2)7-11-20/h6-13,15,18H,5,14,16H2,1-4H3,(H,28,35)(H,29,30,34). The highest BCUT2D eigenvalue weighted by Gasteiger charge is 2.17. The molecule has 0 aliphatic heterocycles. The molecule has 9 nitrogen and oxygen atoms in total. The maximum atomic E-state index is 12.5. The van der Waals surface area contributed by atoms with Gasteiger partial charge in [-0.1, -0.05) is 60.6 Å². The van der Waals surface area contributed by atoms with E-state index in [2.05, 4.69) is 32.7 Å². The van der Waals surface area contributed by atoms with E-state index < -0.39 is 6.10 Å². The van der Waals surface area contributed by atoms with Crippen molar-refractivity contribution in [2.75, 3.05) is 11.1 Å². The number of nitrogens with zero attached hydrogens (tertiary/aromatic N) is 4. The Bertz CT molecular complexity index is 1380. The summed E-state index contributed by atoms with van der Waals surface area (Å²) in [5, 5.41) is 17.0. The largest absolute Gasteiger partial charge is 0.481 e. The number of ether oxygens (including phenoxy) is 1. The van der Waals surface area contributed by atoms with Gasteiger partial charge in [0.1, 0.15) is 5.75 Å². The van der Waals surface area contributed by atoms with Gasteiger partial charge < -0.3 is 19.9 Å². The molecule has 0 saturated heterocycles. The van der Waals surface area contributed by atoms with E-state index in [4.69, 9.17) is 4.74 Å². The Morgan fingerprint density at radius 1 is 1.11 bits per heavy atom. The van der Waals surface area contributed by atoms with Crippen LogP contribution >= 0.6 is 23.1 Å². The van der Waals surface area contributed by atoms with Gasteiger partial charge in [0, 0.05) is 18.0 Å². The van der Waals surface area contributed by atoms with E-state index >= 15 is 0 Å². The zero-order chi connectivity index (χ0) is 27.1. The topological polar surface area (TPSA) is 111 Å². The molecule has 2 heterocycles. The van der Waals surface area contributed by atoms with Gasteiger partial charge in [-0.05, 0) is 38.0 Å². The Labute approximate surface area is 230 Å². The van der Waals surface area contributed by atoms with Crippen molar-refractivity contribution in [3.8, 4) is 17.0 Å². The van der Waals surface area contributed by atoms with Gasteiger partial charge in [0.2, 0.25) is 5.91 Å². The fourth-order valence-electron chi connectivity index (χ4n) is 3.47. The van der Waals surface area contributed by atoms with Crippen LogP contribution in [-0.2, 0) is 29.6 Å². The van der Waals surface area contributed by atoms with Gasteiger partial charge in [-0.15, -0.1) is 21.5 Å². The lowest BCUT2D eigenvalue weighted by molar-refractivity contribution is -0.127. The van der Waals surface area contributed by atoms with E-state index in [1.165, 1.54) is 34.2 Å². The van der Waals surface area contributed by atoms with E-state index in [0.29, 0.717) is 21.9 Å². The molecule has 0 radical (unpaired) electrons. The molecule has 4 rings (SSSR count). The maximum Gasteiger partial charge on any atom is 0.261 e. The van der Waals surface area contributed by atoms with Crippen molar-refractivity contribution in [2.45, 2.75) is 45.0 Å². The van der Waals surface area contributed by atoms with Crippen molar-refractivity contribution >= 4 is 40.0 Å². The Kier molecular flexibility index (Phi) is 9.14. The Balaban J connectivity index is 1.23. The summed E-state index contributed by atoms with van der Waals surface area (Å²) < 4.78 is 7.49. The number of amides is 2. The third kappa shape index (κ3) is 7.20. The van der Waals surface area contributed by atoms with Gasteiger partial charge in [-0.3, -0.25) is 9.59 Å². The molecule has 0 aliphatic carbocycles. The summed E-state index contributed by atoms with van der Waals surface area (Å²) in [5.41, 5.74) is 4.22. The average molecular weight is 551 g/mol. The minimum atomic E-state index is -0.661. The second-order valence-electron chi connectivity index (χ2n) is 8.67. The van der Waals surface area contributed by atoms with Gasteiger partial charge in [0.15, 0.2) is 22.2 Å². The highest BCUT2D eigenvalue weighted by Crippen LogP contribution is 2.25. The lowest BCUT2D eigenvalue weighted by Gasteiger charge is -2.15. The highest BCUT2D eigenvalue weighted by atomic mass is 32.2. The van der Waals surface area contributed by atoms with Crippen molar-refractivity contribution in [1.82, 2.24) is 25.1 Å². The Morgan fingerprint density at radius 3 is 2.55 bits per heavy atom. The number of hydrogen-bond acceptors (Lipinski definition) is 8. The number of aryl methyl sites for hydroxylation is 2. The van der Waals surface area contributed by atoms with Crippen LogP contribution in [0.2, 0.25) is 0 Å². The van der Waals surface area contributed by atoms with Crippen LogP contribution in [0.4, 0.5) is 5.13 Å². The molecule has 2 aromatic carbocycles. The van der Waals surface area contributed by atoms with Crippen molar-refractivity contribution in [1.29, 1.82) is 0 Å². The Hall–Kier alpha value is -3.70. The van der Waals surface area contributed by atoms with Crippen LogP contribution in [0.25, 0.3) is 11.3 Å². The molecule has 38 heavy (non-hydrogen) atoms. The van der Waals surface area contributed by atoms with Gasteiger partial charge >= 0.3 is 0 Å². The fraction of sp³-hybridized carbons (Fsp3) is 0.296. The number of nitrogens with one attached hydrogen (secondary N) is 2. The summed E-state index contributed by atoms with van der Waals surface area (Å²) >= 11 is 2.65. The number of rotatable bonds is 11. The molecule has 1 atom stereocenters. The smallest absolute Gasteiger partial charge is 0.261 e. The average Bonchev–Trinajstić information content (AvgIpc) is 3.53. The molecule has 2 aromatic heterocycles. The van der Waals surface area contributed by atoms with Crippen LogP contribution in [0.5, 0.6) is 5.75 Å². The van der Waals surface area contributed by atoms with Gasteiger partial charge in [-0.2, -0.15) is 0 Å².